The van der Waals surface area contributed by atoms with Crippen molar-refractivity contribution in [2.45, 2.75) is 11.8 Å². The van der Waals surface area contributed by atoms with Gasteiger partial charge in [-0.15, -0.1) is 5.73 Å². The van der Waals surface area contributed by atoms with Crippen molar-refractivity contribution in [3.63, 3.8) is 0 Å². The summed E-state index contributed by atoms with van der Waals surface area (Å²) in [5.74, 6) is -2.02. The molecule has 0 saturated carbocycles. The number of benzene rings is 2. The first-order valence-corrected chi connectivity index (χ1v) is 12.4. The molecule has 0 fully saturated rings. The molecular weight excluding hydrogens is 528 g/mol. The van der Waals surface area contributed by atoms with Crippen LogP contribution in [0.5, 0.6) is 5.88 Å². The molecule has 0 saturated heterocycles. The summed E-state index contributed by atoms with van der Waals surface area (Å²) in [6.07, 6.45) is 2.22. The maximum absolute atomic E-state index is 13.2. The Kier molecular flexibility index (Phi) is 6.94. The molecule has 2 heterocycles. The van der Waals surface area contributed by atoms with Crippen LogP contribution in [0, 0.1) is 13.5 Å². The van der Waals surface area contributed by atoms with Gasteiger partial charge in [0, 0.05) is 5.56 Å². The van der Waals surface area contributed by atoms with Crippen molar-refractivity contribution in [3.8, 4) is 17.3 Å². The molecule has 39 heavy (non-hydrogen) atoms. The van der Waals surface area contributed by atoms with Crippen molar-refractivity contribution < 1.29 is 28.0 Å². The van der Waals surface area contributed by atoms with Crippen LogP contribution in [0.1, 0.15) is 27.2 Å². The van der Waals surface area contributed by atoms with E-state index >= 15 is 0 Å². The van der Waals surface area contributed by atoms with Gasteiger partial charge in [0.1, 0.15) is 0 Å². The molecule has 4 aromatic rings. The zero-order valence-electron chi connectivity index (χ0n) is 20.0. The molecule has 13 heteroatoms. The van der Waals surface area contributed by atoms with Crippen LogP contribution >= 0.6 is 0 Å². The second-order valence-corrected chi connectivity index (χ2v) is 9.49. The van der Waals surface area contributed by atoms with E-state index in [1.807, 2.05) is 0 Å². The molecule has 196 valence electrons. The molecular formula is C26H18N4O8S. The van der Waals surface area contributed by atoms with Crippen LogP contribution in [0.15, 0.2) is 74.8 Å². The highest BCUT2D eigenvalue weighted by atomic mass is 32.2. The monoisotopic (exact) mass is 546 g/mol. The number of pyridine rings is 1. The van der Waals surface area contributed by atoms with Gasteiger partial charge < -0.3 is 10.2 Å². The minimum atomic E-state index is -4.48. The molecule has 4 rings (SSSR count). The zero-order chi connectivity index (χ0) is 28.5. The summed E-state index contributed by atoms with van der Waals surface area (Å²) in [4.78, 5) is 41.0. The van der Waals surface area contributed by atoms with Gasteiger partial charge in [0.25, 0.3) is 21.2 Å². The summed E-state index contributed by atoms with van der Waals surface area (Å²) in [6, 6.07) is 12.6. The van der Waals surface area contributed by atoms with E-state index < -0.39 is 43.7 Å². The molecule has 12 nitrogen and oxygen atoms in total. The lowest BCUT2D eigenvalue weighted by atomic mass is 10.1. The van der Waals surface area contributed by atoms with Crippen molar-refractivity contribution in [2.75, 3.05) is 0 Å². The van der Waals surface area contributed by atoms with Crippen molar-refractivity contribution in [1.29, 1.82) is 0 Å². The van der Waals surface area contributed by atoms with E-state index in [9.17, 15) is 33.0 Å². The van der Waals surface area contributed by atoms with E-state index in [0.29, 0.717) is 5.69 Å². The van der Waals surface area contributed by atoms with Gasteiger partial charge in [-0.1, -0.05) is 18.2 Å². The Bertz CT molecular complexity index is 1950. The smallest absolute Gasteiger partial charge is 0.354 e. The van der Waals surface area contributed by atoms with E-state index in [2.05, 4.69) is 15.7 Å². The molecule has 4 N–H and O–H groups in total. The number of aromatic nitrogens is 3. The third kappa shape index (κ3) is 4.94. The number of aromatic amines is 1. The number of carbonyl (C=O) groups is 1. The van der Waals surface area contributed by atoms with Crippen molar-refractivity contribution in [1.82, 2.24) is 14.3 Å². The molecule has 0 unspecified atom stereocenters. The Morgan fingerprint density at radius 2 is 1.62 bits per heavy atom. The fraction of sp³-hybridized carbons (Fsp3) is 0.0385. The number of H-pyrrole nitrogens is 1. The largest absolute Gasteiger partial charge is 0.502 e. The average Bonchev–Trinajstić information content (AvgIpc) is 3.23. The molecule has 0 radical (unpaired) electrons. The quantitative estimate of drug-likeness (QED) is 0.162. The number of hydrogen-bond acceptors (Lipinski definition) is 6. The summed E-state index contributed by atoms with van der Waals surface area (Å²) in [6.45, 7) is 8.90. The molecule has 2 aromatic carbocycles. The second kappa shape index (κ2) is 10.2. The van der Waals surface area contributed by atoms with E-state index in [1.54, 1.807) is 30.3 Å². The first-order valence-electron chi connectivity index (χ1n) is 11.0. The summed E-state index contributed by atoms with van der Waals surface area (Å²) < 4.78 is 33.5. The van der Waals surface area contributed by atoms with Crippen LogP contribution in [-0.2, 0) is 10.1 Å². The summed E-state index contributed by atoms with van der Waals surface area (Å²) in [5, 5.41) is 22.6. The van der Waals surface area contributed by atoms with Crippen LogP contribution in [0.4, 0.5) is 5.69 Å². The van der Waals surface area contributed by atoms with Gasteiger partial charge in [0.15, 0.2) is 5.69 Å². The third-order valence-corrected chi connectivity index (χ3v) is 6.60. The van der Waals surface area contributed by atoms with E-state index in [1.165, 1.54) is 25.1 Å². The maximum atomic E-state index is 13.2. The SMILES string of the molecule is [C-]#[N+]c1c(C)c(C=C=Cc2c(C(=O)O)[nH]n(-c3ccc(S(=O)(=O)O)cc3)c2=O)c(=O)n(-c2ccccc2)c1O. The summed E-state index contributed by atoms with van der Waals surface area (Å²) in [7, 11) is -4.48. The maximum Gasteiger partial charge on any atom is 0.354 e. The number of rotatable bonds is 6. The van der Waals surface area contributed by atoms with Gasteiger partial charge in [-0.05, 0) is 61.0 Å². The average molecular weight is 547 g/mol. The molecule has 0 bridgehead atoms. The molecule has 0 aliphatic rings. The zero-order valence-corrected chi connectivity index (χ0v) is 20.8. The molecule has 2 aromatic heterocycles. The molecule has 0 spiro atoms. The third-order valence-electron chi connectivity index (χ3n) is 5.73. The van der Waals surface area contributed by atoms with Gasteiger partial charge in [-0.3, -0.25) is 23.8 Å². The number of aromatic hydroxyl groups is 1. The standard InChI is InChI=1S/C26H18N4O8S/c1-15-19(23(31)29(25(33)21(15)27-2)16-7-4-3-5-8-16)9-6-10-20-22(26(34)35)28-30(24(20)32)17-11-13-18(14-12-17)39(36,37)38/h3-5,7-14,28,33H,1H3,(H,34,35)(H,36,37,38). The van der Waals surface area contributed by atoms with Gasteiger partial charge in [-0.2, -0.15) is 8.42 Å². The molecule has 0 aliphatic heterocycles. The lowest BCUT2D eigenvalue weighted by Gasteiger charge is -2.13. The lowest BCUT2D eigenvalue weighted by Crippen LogP contribution is -2.21. The minimum absolute atomic E-state index is 0.0209. The highest BCUT2D eigenvalue weighted by Crippen LogP contribution is 2.32. The number of nitrogens with one attached hydrogen (secondary N) is 1. The second-order valence-electron chi connectivity index (χ2n) is 8.07. The first-order chi connectivity index (χ1) is 18.5. The van der Waals surface area contributed by atoms with E-state index in [-0.39, 0.29) is 28.1 Å². The predicted octanol–water partition coefficient (Wildman–Crippen LogP) is 3.15. The number of carboxylic acids is 1. The Hall–Kier alpha value is -5.41. The van der Waals surface area contributed by atoms with Crippen molar-refractivity contribution >= 4 is 33.9 Å². The minimum Gasteiger partial charge on any atom is -0.502 e. The Morgan fingerprint density at radius 3 is 2.18 bits per heavy atom. The number of carboxylic acid groups (broad SMARTS) is 1. The number of hydrogen-bond donors (Lipinski definition) is 4. The van der Waals surface area contributed by atoms with E-state index in [4.69, 9.17) is 11.1 Å². The van der Waals surface area contributed by atoms with Crippen LogP contribution in [-0.4, -0.2) is 43.5 Å². The van der Waals surface area contributed by atoms with Gasteiger partial charge in [-0.25, -0.2) is 14.3 Å². The van der Waals surface area contributed by atoms with Crippen molar-refractivity contribution in [2.24, 2.45) is 0 Å². The fourth-order valence-corrected chi connectivity index (χ4v) is 4.28. The van der Waals surface area contributed by atoms with Crippen molar-refractivity contribution in [3.05, 3.63) is 115 Å². The van der Waals surface area contributed by atoms with Crippen LogP contribution < -0.4 is 11.1 Å². The predicted molar refractivity (Wildman–Crippen MR) is 140 cm³/mol. The Labute approximate surface area is 220 Å². The fourth-order valence-electron chi connectivity index (χ4n) is 3.80. The number of nitrogens with zero attached hydrogens (tertiary/aromatic N) is 3. The highest BCUT2D eigenvalue weighted by molar-refractivity contribution is 7.85. The van der Waals surface area contributed by atoms with Gasteiger partial charge >= 0.3 is 5.97 Å². The van der Waals surface area contributed by atoms with Gasteiger partial charge in [0.05, 0.1) is 28.4 Å². The van der Waals surface area contributed by atoms with E-state index in [0.717, 1.165) is 27.5 Å². The summed E-state index contributed by atoms with van der Waals surface area (Å²) >= 11 is 0. The highest BCUT2D eigenvalue weighted by Gasteiger charge is 2.20. The first kappa shape index (κ1) is 26.6. The Morgan fingerprint density at radius 1 is 1.00 bits per heavy atom. The molecule has 0 amide bonds. The molecule has 0 aliphatic carbocycles. The number of para-hydroxylation sites is 1. The lowest BCUT2D eigenvalue weighted by molar-refractivity contribution is 0.0689. The normalized spacial score (nSPS) is 10.9. The van der Waals surface area contributed by atoms with Crippen LogP contribution in [0.25, 0.3) is 28.4 Å². The van der Waals surface area contributed by atoms with Crippen LogP contribution in [0.2, 0.25) is 0 Å². The number of aromatic carboxylic acids is 1. The summed E-state index contributed by atoms with van der Waals surface area (Å²) in [5.41, 5.74) is 0.648. The van der Waals surface area contributed by atoms with Crippen LogP contribution in [0.3, 0.4) is 0 Å². The topological polar surface area (TPSA) is 176 Å². The molecule has 0 atom stereocenters. The Balaban J connectivity index is 1.86. The van der Waals surface area contributed by atoms with Gasteiger partial charge in [0.2, 0.25) is 11.6 Å².